The molecule has 0 aliphatic rings. The summed E-state index contributed by atoms with van der Waals surface area (Å²) in [5, 5.41) is 0.720. The highest BCUT2D eigenvalue weighted by Gasteiger charge is 2.20. The summed E-state index contributed by atoms with van der Waals surface area (Å²) >= 11 is 3.23. The third-order valence-corrected chi connectivity index (χ3v) is 6.96. The van der Waals surface area contributed by atoms with Gasteiger partial charge in [-0.25, -0.2) is 4.98 Å². The van der Waals surface area contributed by atoms with Crippen LogP contribution in [-0.2, 0) is 11.3 Å². The van der Waals surface area contributed by atoms with E-state index in [1.807, 2.05) is 53.4 Å². The number of hydrogen-bond acceptors (Lipinski definition) is 5. The number of methoxy groups -OCH3 is 1. The van der Waals surface area contributed by atoms with E-state index in [0.29, 0.717) is 13.0 Å². The van der Waals surface area contributed by atoms with Crippen molar-refractivity contribution in [3.8, 4) is 5.75 Å². The van der Waals surface area contributed by atoms with Gasteiger partial charge in [-0.05, 0) is 42.8 Å². The fourth-order valence-corrected chi connectivity index (χ4v) is 5.04. The minimum atomic E-state index is 0.0782. The van der Waals surface area contributed by atoms with Crippen molar-refractivity contribution in [1.29, 1.82) is 0 Å². The van der Waals surface area contributed by atoms with Crippen LogP contribution in [-0.4, -0.2) is 23.8 Å². The molecule has 3 aromatic carbocycles. The first-order chi connectivity index (χ1) is 15.1. The van der Waals surface area contributed by atoms with Crippen LogP contribution in [0.5, 0.6) is 5.75 Å². The number of anilines is 1. The van der Waals surface area contributed by atoms with Gasteiger partial charge in [-0.15, -0.1) is 11.8 Å². The number of benzene rings is 3. The van der Waals surface area contributed by atoms with Crippen LogP contribution in [0.15, 0.2) is 77.7 Å². The number of nitrogens with zero attached hydrogens (tertiary/aromatic N) is 2. The number of amides is 1. The van der Waals surface area contributed by atoms with Crippen LogP contribution in [0.25, 0.3) is 10.2 Å². The second-order valence-electron chi connectivity index (χ2n) is 7.21. The van der Waals surface area contributed by atoms with Gasteiger partial charge in [0.25, 0.3) is 0 Å². The van der Waals surface area contributed by atoms with Crippen LogP contribution in [0.1, 0.15) is 17.5 Å². The topological polar surface area (TPSA) is 42.4 Å². The minimum Gasteiger partial charge on any atom is -0.497 e. The van der Waals surface area contributed by atoms with Gasteiger partial charge in [0.2, 0.25) is 5.91 Å². The first kappa shape index (κ1) is 21.4. The molecule has 158 valence electrons. The van der Waals surface area contributed by atoms with Crippen LogP contribution in [0.3, 0.4) is 0 Å². The number of ether oxygens (including phenoxy) is 1. The summed E-state index contributed by atoms with van der Waals surface area (Å²) < 4.78 is 6.34. The third kappa shape index (κ3) is 5.46. The van der Waals surface area contributed by atoms with E-state index in [-0.39, 0.29) is 5.91 Å². The lowest BCUT2D eigenvalue weighted by Gasteiger charge is -2.20. The Hall–Kier alpha value is -2.83. The van der Waals surface area contributed by atoms with E-state index in [1.54, 1.807) is 18.9 Å². The van der Waals surface area contributed by atoms with Crippen molar-refractivity contribution in [2.45, 2.75) is 24.8 Å². The van der Waals surface area contributed by atoms with Gasteiger partial charge < -0.3 is 4.74 Å². The number of aromatic nitrogens is 1. The third-order valence-electron chi connectivity index (χ3n) is 4.91. The molecule has 0 unspecified atom stereocenters. The molecule has 0 spiro atoms. The predicted molar refractivity (Wildman–Crippen MR) is 130 cm³/mol. The molecular weight excluding hydrogens is 424 g/mol. The molecule has 6 heteroatoms. The normalized spacial score (nSPS) is 10.9. The molecule has 1 heterocycles. The Morgan fingerprint density at radius 1 is 1.06 bits per heavy atom. The quantitative estimate of drug-likeness (QED) is 0.295. The van der Waals surface area contributed by atoms with Crippen LogP contribution in [0.2, 0.25) is 0 Å². The van der Waals surface area contributed by atoms with E-state index in [9.17, 15) is 4.79 Å². The highest BCUT2D eigenvalue weighted by atomic mass is 32.2. The molecular formula is C25H24N2O2S2. The van der Waals surface area contributed by atoms with E-state index < -0.39 is 0 Å². The lowest BCUT2D eigenvalue weighted by Crippen LogP contribution is -2.30. The van der Waals surface area contributed by atoms with Crippen LogP contribution in [0, 0.1) is 6.92 Å². The molecule has 0 saturated carbocycles. The molecule has 31 heavy (non-hydrogen) atoms. The number of carbonyl (C=O) groups is 1. The molecule has 4 rings (SSSR count). The van der Waals surface area contributed by atoms with Crippen molar-refractivity contribution in [1.82, 2.24) is 4.98 Å². The molecule has 0 N–H and O–H groups in total. The Morgan fingerprint density at radius 2 is 1.84 bits per heavy atom. The van der Waals surface area contributed by atoms with Gasteiger partial charge in [0.05, 0.1) is 23.9 Å². The Balaban J connectivity index is 1.53. The SMILES string of the molecule is COc1ccc2nc(N(Cc3ccccc3)C(=O)CCSc3ccc(C)cc3)sc2c1. The summed E-state index contributed by atoms with van der Waals surface area (Å²) in [5.74, 6) is 1.60. The van der Waals surface area contributed by atoms with Gasteiger partial charge in [-0.2, -0.15) is 0 Å². The van der Waals surface area contributed by atoms with E-state index in [4.69, 9.17) is 9.72 Å². The molecule has 0 atom stereocenters. The first-order valence-electron chi connectivity index (χ1n) is 10.1. The number of fused-ring (bicyclic) bond motifs is 1. The lowest BCUT2D eigenvalue weighted by molar-refractivity contribution is -0.118. The molecule has 1 amide bonds. The van der Waals surface area contributed by atoms with Gasteiger partial charge in [0.15, 0.2) is 5.13 Å². The maximum atomic E-state index is 13.2. The van der Waals surface area contributed by atoms with Crippen molar-refractivity contribution < 1.29 is 9.53 Å². The number of carbonyl (C=O) groups excluding carboxylic acids is 1. The zero-order valence-electron chi connectivity index (χ0n) is 17.6. The van der Waals surface area contributed by atoms with Crippen molar-refractivity contribution in [3.05, 3.63) is 83.9 Å². The Labute approximate surface area is 190 Å². The fraction of sp³-hybridized carbons (Fsp3) is 0.200. The molecule has 0 aliphatic carbocycles. The van der Waals surface area contributed by atoms with Crippen LogP contribution < -0.4 is 9.64 Å². The van der Waals surface area contributed by atoms with Crippen molar-refractivity contribution in [2.75, 3.05) is 17.8 Å². The number of rotatable bonds is 8. The summed E-state index contributed by atoms with van der Waals surface area (Å²) in [6.07, 6.45) is 0.449. The molecule has 0 fully saturated rings. The van der Waals surface area contributed by atoms with Crippen molar-refractivity contribution >= 4 is 44.4 Å². The maximum absolute atomic E-state index is 13.2. The van der Waals surface area contributed by atoms with Gasteiger partial charge in [0, 0.05) is 17.1 Å². The number of aryl methyl sites for hydroxylation is 1. The second-order valence-corrected chi connectivity index (χ2v) is 9.38. The zero-order chi connectivity index (χ0) is 21.6. The number of thioether (sulfide) groups is 1. The van der Waals surface area contributed by atoms with Crippen LogP contribution >= 0.6 is 23.1 Å². The molecule has 0 aliphatic heterocycles. The smallest absolute Gasteiger partial charge is 0.229 e. The molecule has 1 aromatic heterocycles. The lowest BCUT2D eigenvalue weighted by atomic mass is 10.2. The van der Waals surface area contributed by atoms with Gasteiger partial charge >= 0.3 is 0 Å². The fourth-order valence-electron chi connectivity index (χ4n) is 3.19. The molecule has 4 nitrogen and oxygen atoms in total. The van der Waals surface area contributed by atoms with Gasteiger partial charge in [0.1, 0.15) is 5.75 Å². The highest BCUT2D eigenvalue weighted by Crippen LogP contribution is 2.33. The molecule has 0 radical (unpaired) electrons. The standard InChI is InChI=1S/C25H24N2O2S2/c1-18-8-11-21(12-9-18)30-15-14-24(28)27(17-19-6-4-3-5-7-19)25-26-22-13-10-20(29-2)16-23(22)31-25/h3-13,16H,14-15,17H2,1-2H3. The minimum absolute atomic E-state index is 0.0782. The first-order valence-corrected chi connectivity index (χ1v) is 11.9. The van der Waals surface area contributed by atoms with Crippen molar-refractivity contribution in [2.24, 2.45) is 0 Å². The van der Waals surface area contributed by atoms with E-state index in [0.717, 1.165) is 32.4 Å². The van der Waals surface area contributed by atoms with Gasteiger partial charge in [-0.3, -0.25) is 9.69 Å². The average Bonchev–Trinajstić information content (AvgIpc) is 3.22. The molecule has 0 bridgehead atoms. The zero-order valence-corrected chi connectivity index (χ0v) is 19.2. The molecule has 4 aromatic rings. The van der Waals surface area contributed by atoms with E-state index in [1.165, 1.54) is 21.8 Å². The monoisotopic (exact) mass is 448 g/mol. The summed E-state index contributed by atoms with van der Waals surface area (Å²) in [4.78, 5) is 21.0. The summed E-state index contributed by atoms with van der Waals surface area (Å²) in [6, 6.07) is 24.3. The summed E-state index contributed by atoms with van der Waals surface area (Å²) in [7, 11) is 1.65. The second kappa shape index (κ2) is 9.98. The summed E-state index contributed by atoms with van der Waals surface area (Å²) in [5.41, 5.74) is 3.20. The predicted octanol–water partition coefficient (Wildman–Crippen LogP) is 6.33. The maximum Gasteiger partial charge on any atom is 0.229 e. The van der Waals surface area contributed by atoms with E-state index >= 15 is 0 Å². The highest BCUT2D eigenvalue weighted by molar-refractivity contribution is 7.99. The van der Waals surface area contributed by atoms with Gasteiger partial charge in [-0.1, -0.05) is 59.4 Å². The number of thiazole rings is 1. The average molecular weight is 449 g/mol. The summed E-state index contributed by atoms with van der Waals surface area (Å²) in [6.45, 7) is 2.58. The number of hydrogen-bond donors (Lipinski definition) is 0. The molecule has 0 saturated heterocycles. The largest absolute Gasteiger partial charge is 0.497 e. The van der Waals surface area contributed by atoms with Crippen LogP contribution in [0.4, 0.5) is 5.13 Å². The van der Waals surface area contributed by atoms with Crippen molar-refractivity contribution in [3.63, 3.8) is 0 Å². The van der Waals surface area contributed by atoms with E-state index in [2.05, 4.69) is 31.2 Å². The Kier molecular flexibility index (Phi) is 6.89. The Bertz CT molecular complexity index is 1160. The Morgan fingerprint density at radius 3 is 2.58 bits per heavy atom.